The van der Waals surface area contributed by atoms with Crippen LogP contribution in [0.4, 0.5) is 0 Å². The van der Waals surface area contributed by atoms with Gasteiger partial charge in [0.15, 0.2) is 0 Å². The maximum Gasteiger partial charge on any atom is 0.256 e. The molecular formula is C18H23N3O2S. The van der Waals surface area contributed by atoms with Gasteiger partial charge in [-0.15, -0.1) is 11.3 Å². The van der Waals surface area contributed by atoms with Crippen molar-refractivity contribution in [2.75, 3.05) is 19.7 Å². The van der Waals surface area contributed by atoms with Crippen molar-refractivity contribution in [3.63, 3.8) is 0 Å². The normalized spacial score (nSPS) is 15.6. The zero-order valence-corrected chi connectivity index (χ0v) is 14.9. The highest BCUT2D eigenvalue weighted by molar-refractivity contribution is 7.10. The van der Waals surface area contributed by atoms with Crippen LogP contribution >= 0.6 is 11.3 Å². The molecule has 2 aromatic heterocycles. The molecule has 24 heavy (non-hydrogen) atoms. The number of pyridine rings is 1. The molecule has 3 rings (SSSR count). The van der Waals surface area contributed by atoms with E-state index >= 15 is 0 Å². The van der Waals surface area contributed by atoms with Crippen molar-refractivity contribution in [3.05, 3.63) is 45.8 Å². The molecule has 1 aliphatic heterocycles. The Morgan fingerprint density at radius 1 is 1.50 bits per heavy atom. The summed E-state index contributed by atoms with van der Waals surface area (Å²) in [6.45, 7) is 7.15. The SMILES string of the molecule is CCOc1ncccc1C(=O)NC[C@@H](C)N1CCc2sccc2C1. The summed E-state index contributed by atoms with van der Waals surface area (Å²) in [7, 11) is 0. The Morgan fingerprint density at radius 3 is 3.21 bits per heavy atom. The Hall–Kier alpha value is -1.92. The number of ether oxygens (including phenoxy) is 1. The van der Waals surface area contributed by atoms with Crippen molar-refractivity contribution < 1.29 is 9.53 Å². The first-order valence-corrected chi connectivity index (χ1v) is 9.22. The molecule has 0 saturated heterocycles. The van der Waals surface area contributed by atoms with Crippen LogP contribution in [-0.2, 0) is 13.0 Å². The molecule has 6 heteroatoms. The second-order valence-electron chi connectivity index (χ2n) is 5.94. The van der Waals surface area contributed by atoms with Crippen LogP contribution in [-0.4, -0.2) is 41.5 Å². The number of rotatable bonds is 6. The molecule has 0 unspecified atom stereocenters. The van der Waals surface area contributed by atoms with E-state index in [1.807, 2.05) is 18.3 Å². The zero-order valence-electron chi connectivity index (χ0n) is 14.1. The lowest BCUT2D eigenvalue weighted by atomic mass is 10.1. The quantitative estimate of drug-likeness (QED) is 0.875. The van der Waals surface area contributed by atoms with E-state index in [2.05, 4.69) is 33.6 Å². The number of nitrogens with one attached hydrogen (secondary N) is 1. The molecule has 1 atom stereocenters. The van der Waals surface area contributed by atoms with Gasteiger partial charge < -0.3 is 10.1 Å². The standard InChI is InChI=1S/C18H23N3O2S/c1-3-23-18-15(5-4-8-19-18)17(22)20-11-13(2)21-9-6-16-14(12-21)7-10-24-16/h4-5,7-8,10,13H,3,6,9,11-12H2,1-2H3,(H,20,22)/t13-/m1/s1. The summed E-state index contributed by atoms with van der Waals surface area (Å²) in [5.74, 6) is 0.262. The van der Waals surface area contributed by atoms with Gasteiger partial charge in [0, 0.05) is 36.8 Å². The predicted octanol–water partition coefficient (Wildman–Crippen LogP) is 2.72. The van der Waals surface area contributed by atoms with Crippen LogP contribution in [0.15, 0.2) is 29.8 Å². The van der Waals surface area contributed by atoms with Crippen LogP contribution in [0.25, 0.3) is 0 Å². The van der Waals surface area contributed by atoms with E-state index in [-0.39, 0.29) is 11.9 Å². The maximum atomic E-state index is 12.4. The van der Waals surface area contributed by atoms with Gasteiger partial charge in [0.1, 0.15) is 5.56 Å². The van der Waals surface area contributed by atoms with E-state index in [1.165, 1.54) is 10.4 Å². The van der Waals surface area contributed by atoms with Crippen LogP contribution in [0.1, 0.15) is 34.6 Å². The highest BCUT2D eigenvalue weighted by Crippen LogP contribution is 2.25. The number of hydrogen-bond donors (Lipinski definition) is 1. The zero-order chi connectivity index (χ0) is 16.9. The van der Waals surface area contributed by atoms with Crippen LogP contribution in [0.5, 0.6) is 5.88 Å². The van der Waals surface area contributed by atoms with Gasteiger partial charge in [-0.1, -0.05) is 0 Å². The van der Waals surface area contributed by atoms with E-state index in [0.717, 1.165) is 19.5 Å². The van der Waals surface area contributed by atoms with Gasteiger partial charge >= 0.3 is 0 Å². The second-order valence-corrected chi connectivity index (χ2v) is 6.94. The summed E-state index contributed by atoms with van der Waals surface area (Å²) in [4.78, 5) is 20.5. The fourth-order valence-corrected chi connectivity index (χ4v) is 3.82. The average molecular weight is 345 g/mol. The number of aromatic nitrogens is 1. The highest BCUT2D eigenvalue weighted by atomic mass is 32.1. The molecule has 0 spiro atoms. The number of carbonyl (C=O) groups is 1. The molecule has 3 heterocycles. The molecule has 0 aliphatic carbocycles. The van der Waals surface area contributed by atoms with E-state index in [0.29, 0.717) is 24.6 Å². The van der Waals surface area contributed by atoms with Crippen molar-refractivity contribution in [2.24, 2.45) is 0 Å². The minimum absolute atomic E-state index is 0.133. The number of amides is 1. The molecule has 128 valence electrons. The monoisotopic (exact) mass is 345 g/mol. The van der Waals surface area contributed by atoms with Gasteiger partial charge in [0.25, 0.3) is 5.91 Å². The molecule has 0 radical (unpaired) electrons. The third kappa shape index (κ3) is 3.76. The van der Waals surface area contributed by atoms with Gasteiger partial charge in [-0.05, 0) is 49.4 Å². The van der Waals surface area contributed by atoms with Crippen LogP contribution in [0.3, 0.4) is 0 Å². The summed E-state index contributed by atoms with van der Waals surface area (Å²) in [5, 5.41) is 5.18. The van der Waals surface area contributed by atoms with E-state index < -0.39 is 0 Å². The molecule has 0 aromatic carbocycles. The lowest BCUT2D eigenvalue weighted by Crippen LogP contribution is -2.44. The Kier molecular flexibility index (Phi) is 5.48. The van der Waals surface area contributed by atoms with Gasteiger partial charge in [-0.25, -0.2) is 4.98 Å². The van der Waals surface area contributed by atoms with Crippen LogP contribution < -0.4 is 10.1 Å². The largest absolute Gasteiger partial charge is 0.477 e. The van der Waals surface area contributed by atoms with Crippen molar-refractivity contribution in [1.82, 2.24) is 15.2 Å². The van der Waals surface area contributed by atoms with Gasteiger partial charge in [0.2, 0.25) is 5.88 Å². The van der Waals surface area contributed by atoms with Gasteiger partial charge in [-0.2, -0.15) is 0 Å². The molecule has 0 fully saturated rings. The minimum atomic E-state index is -0.133. The van der Waals surface area contributed by atoms with E-state index in [1.54, 1.807) is 18.3 Å². The lowest BCUT2D eigenvalue weighted by molar-refractivity contribution is 0.0928. The Balaban J connectivity index is 1.57. The smallest absolute Gasteiger partial charge is 0.256 e. The molecule has 1 aliphatic rings. The first-order chi connectivity index (χ1) is 11.7. The first kappa shape index (κ1) is 16.9. The number of fused-ring (bicyclic) bond motifs is 1. The molecule has 2 aromatic rings. The van der Waals surface area contributed by atoms with Crippen molar-refractivity contribution in [3.8, 4) is 5.88 Å². The minimum Gasteiger partial charge on any atom is -0.477 e. The molecular weight excluding hydrogens is 322 g/mol. The predicted molar refractivity (Wildman–Crippen MR) is 95.6 cm³/mol. The second kappa shape index (κ2) is 7.77. The number of hydrogen-bond acceptors (Lipinski definition) is 5. The molecule has 1 N–H and O–H groups in total. The molecule has 5 nitrogen and oxygen atoms in total. The summed E-state index contributed by atoms with van der Waals surface area (Å²) in [6.07, 6.45) is 2.74. The fourth-order valence-electron chi connectivity index (χ4n) is 2.93. The van der Waals surface area contributed by atoms with Crippen molar-refractivity contribution >= 4 is 17.2 Å². The summed E-state index contributed by atoms with van der Waals surface area (Å²) >= 11 is 1.84. The van der Waals surface area contributed by atoms with E-state index in [4.69, 9.17) is 4.74 Å². The van der Waals surface area contributed by atoms with Crippen molar-refractivity contribution in [2.45, 2.75) is 32.9 Å². The highest BCUT2D eigenvalue weighted by Gasteiger charge is 2.22. The lowest BCUT2D eigenvalue weighted by Gasteiger charge is -2.32. The Morgan fingerprint density at radius 2 is 2.38 bits per heavy atom. The van der Waals surface area contributed by atoms with Crippen molar-refractivity contribution in [1.29, 1.82) is 0 Å². The topological polar surface area (TPSA) is 54.5 Å². The Bertz CT molecular complexity index is 701. The summed E-state index contributed by atoms with van der Waals surface area (Å²) < 4.78 is 5.43. The number of nitrogens with zero attached hydrogens (tertiary/aromatic N) is 2. The van der Waals surface area contributed by atoms with Crippen LogP contribution in [0, 0.1) is 0 Å². The molecule has 0 saturated carbocycles. The summed E-state index contributed by atoms with van der Waals surface area (Å²) in [6, 6.07) is 6.00. The van der Waals surface area contributed by atoms with Gasteiger partial charge in [-0.3, -0.25) is 9.69 Å². The van der Waals surface area contributed by atoms with Gasteiger partial charge in [0.05, 0.1) is 6.61 Å². The third-order valence-corrected chi connectivity index (χ3v) is 5.34. The number of thiophene rings is 1. The molecule has 1 amide bonds. The maximum absolute atomic E-state index is 12.4. The van der Waals surface area contributed by atoms with Crippen LogP contribution in [0.2, 0.25) is 0 Å². The molecule has 0 bridgehead atoms. The summed E-state index contributed by atoms with van der Waals surface area (Å²) in [5.41, 5.74) is 1.92. The first-order valence-electron chi connectivity index (χ1n) is 8.34. The number of carbonyl (C=O) groups excluding carboxylic acids is 1. The Labute approximate surface area is 146 Å². The van der Waals surface area contributed by atoms with E-state index in [9.17, 15) is 4.79 Å². The average Bonchev–Trinajstić information content (AvgIpc) is 3.08. The fraction of sp³-hybridized carbons (Fsp3) is 0.444. The third-order valence-electron chi connectivity index (χ3n) is 4.32.